The molecule has 0 fully saturated rings. The first-order valence-corrected chi connectivity index (χ1v) is 6.87. The number of carbonyl (C=O) groups is 1. The normalized spacial score (nSPS) is 19.1. The number of ether oxygens (including phenoxy) is 1. The number of esters is 1. The van der Waals surface area contributed by atoms with E-state index in [2.05, 4.69) is 5.32 Å². The minimum Gasteiger partial charge on any atom is -0.459 e. The second-order valence-electron chi connectivity index (χ2n) is 6.06. The monoisotopic (exact) mass is 295 g/mol. The first-order chi connectivity index (χ1) is 9.76. The Kier molecular flexibility index (Phi) is 4.42. The highest BCUT2D eigenvalue weighted by Crippen LogP contribution is 2.25. The molecule has 0 aliphatic carbocycles. The smallest absolute Gasteiger partial charge is 0.324 e. The Labute approximate surface area is 123 Å². The van der Waals surface area contributed by atoms with Crippen LogP contribution in [0, 0.1) is 11.6 Å². The molecule has 3 nitrogen and oxygen atoms in total. The molecule has 5 heteroatoms. The minimum absolute atomic E-state index is 0.337. The highest BCUT2D eigenvalue weighted by Gasteiger charge is 2.27. The second-order valence-corrected chi connectivity index (χ2v) is 6.06. The molecule has 1 aliphatic heterocycles. The number of nitrogens with one attached hydrogen (secondary N) is 1. The van der Waals surface area contributed by atoms with Gasteiger partial charge in [0.05, 0.1) is 0 Å². The van der Waals surface area contributed by atoms with Gasteiger partial charge in [-0.3, -0.25) is 4.79 Å². The topological polar surface area (TPSA) is 38.3 Å². The van der Waals surface area contributed by atoms with Gasteiger partial charge in [0.1, 0.15) is 11.6 Å². The number of rotatable bonds is 2. The molecule has 0 saturated carbocycles. The molecular weight excluding hydrogens is 276 g/mol. The largest absolute Gasteiger partial charge is 0.459 e. The molecule has 0 saturated heterocycles. The van der Waals surface area contributed by atoms with E-state index in [1.54, 1.807) is 20.8 Å². The average Bonchev–Trinajstić information content (AvgIpc) is 2.40. The summed E-state index contributed by atoms with van der Waals surface area (Å²) in [7, 11) is 0. The van der Waals surface area contributed by atoms with Gasteiger partial charge >= 0.3 is 5.97 Å². The van der Waals surface area contributed by atoms with Gasteiger partial charge in [-0.2, -0.15) is 0 Å². The molecule has 1 heterocycles. The molecule has 1 atom stereocenters. The van der Waals surface area contributed by atoms with Crippen LogP contribution in [-0.4, -0.2) is 24.2 Å². The molecule has 0 bridgehead atoms. The number of hydrogen-bond donors (Lipinski definition) is 1. The third kappa shape index (κ3) is 4.11. The minimum atomic E-state index is -0.888. The number of benzene rings is 1. The van der Waals surface area contributed by atoms with Gasteiger partial charge in [-0.1, -0.05) is 12.1 Å². The van der Waals surface area contributed by atoms with Gasteiger partial charge in [0, 0.05) is 6.54 Å². The van der Waals surface area contributed by atoms with Gasteiger partial charge in [-0.05, 0) is 50.5 Å². The average molecular weight is 295 g/mol. The molecule has 1 aliphatic rings. The molecule has 114 valence electrons. The van der Waals surface area contributed by atoms with Crippen LogP contribution in [0.5, 0.6) is 0 Å². The quantitative estimate of drug-likeness (QED) is 0.852. The van der Waals surface area contributed by atoms with Crippen LogP contribution in [0.1, 0.15) is 32.8 Å². The van der Waals surface area contributed by atoms with Crippen molar-refractivity contribution in [1.82, 2.24) is 5.32 Å². The lowest BCUT2D eigenvalue weighted by Gasteiger charge is -2.27. The van der Waals surface area contributed by atoms with Crippen LogP contribution in [0.3, 0.4) is 0 Å². The Morgan fingerprint density at radius 2 is 2.00 bits per heavy atom. The predicted octanol–water partition coefficient (Wildman–Crippen LogP) is 3.05. The van der Waals surface area contributed by atoms with Crippen LogP contribution in [-0.2, 0) is 9.53 Å². The Morgan fingerprint density at radius 3 is 2.62 bits per heavy atom. The van der Waals surface area contributed by atoms with Gasteiger partial charge in [0.25, 0.3) is 0 Å². The van der Waals surface area contributed by atoms with E-state index in [1.807, 2.05) is 6.08 Å². The van der Waals surface area contributed by atoms with Crippen LogP contribution in [0.15, 0.2) is 24.3 Å². The predicted molar refractivity (Wildman–Crippen MR) is 76.6 cm³/mol. The molecule has 0 spiro atoms. The van der Waals surface area contributed by atoms with Gasteiger partial charge < -0.3 is 10.1 Å². The molecule has 0 amide bonds. The van der Waals surface area contributed by atoms with Crippen molar-refractivity contribution in [3.05, 3.63) is 41.5 Å². The van der Waals surface area contributed by atoms with Crippen molar-refractivity contribution in [2.24, 2.45) is 0 Å². The molecule has 1 aromatic carbocycles. The highest BCUT2D eigenvalue weighted by atomic mass is 19.2. The summed E-state index contributed by atoms with van der Waals surface area (Å²) < 4.78 is 31.6. The Balaban J connectivity index is 2.11. The van der Waals surface area contributed by atoms with Gasteiger partial charge in [0.15, 0.2) is 11.6 Å². The lowest BCUT2D eigenvalue weighted by Crippen LogP contribution is -2.43. The van der Waals surface area contributed by atoms with Crippen LogP contribution in [0.2, 0.25) is 0 Å². The first kappa shape index (κ1) is 15.6. The van der Waals surface area contributed by atoms with Gasteiger partial charge in [0.2, 0.25) is 0 Å². The molecule has 1 N–H and O–H groups in total. The summed E-state index contributed by atoms with van der Waals surface area (Å²) in [6, 6.07) is 3.29. The summed E-state index contributed by atoms with van der Waals surface area (Å²) in [5.74, 6) is -2.10. The van der Waals surface area contributed by atoms with E-state index < -0.39 is 23.3 Å². The van der Waals surface area contributed by atoms with Crippen molar-refractivity contribution in [2.45, 2.75) is 38.8 Å². The third-order valence-electron chi connectivity index (χ3n) is 3.12. The molecular formula is C16H19F2NO2. The molecule has 1 aromatic rings. The molecule has 1 unspecified atom stereocenters. The third-order valence-corrected chi connectivity index (χ3v) is 3.12. The van der Waals surface area contributed by atoms with Crippen molar-refractivity contribution < 1.29 is 18.3 Å². The fraction of sp³-hybridized carbons (Fsp3) is 0.438. The summed E-state index contributed by atoms with van der Waals surface area (Å²) in [5, 5.41) is 3.05. The summed E-state index contributed by atoms with van der Waals surface area (Å²) in [4.78, 5) is 12.1. The van der Waals surface area contributed by atoms with Gasteiger partial charge in [-0.25, -0.2) is 8.78 Å². The first-order valence-electron chi connectivity index (χ1n) is 6.87. The fourth-order valence-electron chi connectivity index (χ4n) is 2.17. The van der Waals surface area contributed by atoms with E-state index in [0.717, 1.165) is 17.7 Å². The van der Waals surface area contributed by atoms with E-state index in [9.17, 15) is 13.6 Å². The van der Waals surface area contributed by atoms with Crippen molar-refractivity contribution in [3.8, 4) is 0 Å². The lowest BCUT2D eigenvalue weighted by atomic mass is 9.95. The molecule has 21 heavy (non-hydrogen) atoms. The summed E-state index contributed by atoms with van der Waals surface area (Å²) >= 11 is 0. The lowest BCUT2D eigenvalue weighted by molar-refractivity contribution is -0.157. The zero-order valence-corrected chi connectivity index (χ0v) is 12.4. The highest BCUT2D eigenvalue weighted by molar-refractivity contribution is 5.81. The zero-order chi connectivity index (χ0) is 15.6. The van der Waals surface area contributed by atoms with E-state index in [4.69, 9.17) is 4.74 Å². The van der Waals surface area contributed by atoms with Crippen LogP contribution >= 0.6 is 0 Å². The second kappa shape index (κ2) is 5.93. The van der Waals surface area contributed by atoms with Crippen LogP contribution in [0.4, 0.5) is 8.78 Å². The van der Waals surface area contributed by atoms with E-state index in [-0.39, 0.29) is 5.97 Å². The Morgan fingerprint density at radius 1 is 1.29 bits per heavy atom. The van der Waals surface area contributed by atoms with Gasteiger partial charge in [-0.15, -0.1) is 0 Å². The summed E-state index contributed by atoms with van der Waals surface area (Å²) in [6.45, 7) is 5.90. The maximum Gasteiger partial charge on any atom is 0.324 e. The number of hydrogen-bond acceptors (Lipinski definition) is 3. The molecule has 2 rings (SSSR count). The fourth-order valence-corrected chi connectivity index (χ4v) is 2.17. The number of halogens is 2. The SMILES string of the molecule is CC(C)(C)OC(=O)C1CC(c2ccc(F)c(F)c2)=CCN1. The van der Waals surface area contributed by atoms with Crippen LogP contribution in [0.25, 0.3) is 5.57 Å². The van der Waals surface area contributed by atoms with E-state index >= 15 is 0 Å². The van der Waals surface area contributed by atoms with Crippen molar-refractivity contribution in [2.75, 3.05) is 6.54 Å². The van der Waals surface area contributed by atoms with Crippen LogP contribution < -0.4 is 5.32 Å². The van der Waals surface area contributed by atoms with E-state index in [0.29, 0.717) is 18.5 Å². The number of carbonyl (C=O) groups excluding carboxylic acids is 1. The standard InChI is InChI=1S/C16H19F2NO2/c1-16(2,3)21-15(20)14-9-11(6-7-19-14)10-4-5-12(17)13(18)8-10/h4-6,8,14,19H,7,9H2,1-3H3. The summed E-state index contributed by atoms with van der Waals surface area (Å²) in [5.41, 5.74) is 0.842. The maximum absolute atomic E-state index is 13.3. The van der Waals surface area contributed by atoms with Crippen molar-refractivity contribution in [1.29, 1.82) is 0 Å². The zero-order valence-electron chi connectivity index (χ0n) is 12.4. The summed E-state index contributed by atoms with van der Waals surface area (Å²) in [6.07, 6.45) is 2.26. The maximum atomic E-state index is 13.3. The van der Waals surface area contributed by atoms with Crippen molar-refractivity contribution in [3.63, 3.8) is 0 Å². The Bertz CT molecular complexity index is 576. The van der Waals surface area contributed by atoms with Crippen molar-refractivity contribution >= 4 is 11.5 Å². The Hall–Kier alpha value is -1.75. The molecule has 0 aromatic heterocycles. The molecule has 0 radical (unpaired) electrons. The van der Waals surface area contributed by atoms with E-state index in [1.165, 1.54) is 6.07 Å².